The maximum absolute atomic E-state index is 2.34. The first-order valence-corrected chi connectivity index (χ1v) is 6.56. The van der Waals surface area contributed by atoms with Gasteiger partial charge in [0.1, 0.15) is 0 Å². The summed E-state index contributed by atoms with van der Waals surface area (Å²) in [7, 11) is 0. The van der Waals surface area contributed by atoms with Crippen molar-refractivity contribution in [1.82, 2.24) is 0 Å². The van der Waals surface area contributed by atoms with Gasteiger partial charge in [-0.05, 0) is 5.82 Å². The molecule has 0 aromatic carbocycles. The van der Waals surface area contributed by atoms with E-state index in [1.807, 2.05) is 0 Å². The molecule has 1 heteroatoms. The minimum absolute atomic E-state index is 0.604. The van der Waals surface area contributed by atoms with Crippen molar-refractivity contribution in [2.24, 2.45) is 0 Å². The van der Waals surface area contributed by atoms with Gasteiger partial charge in [0.15, 0.2) is 6.71 Å². The fourth-order valence-electron chi connectivity index (χ4n) is 2.29. The SMILES string of the molecule is CCCB(CCC)C1\C=C/C=C\C=C\C=C/1. The monoisotopic (exact) mass is 214 g/mol. The van der Waals surface area contributed by atoms with E-state index in [-0.39, 0.29) is 0 Å². The van der Waals surface area contributed by atoms with Gasteiger partial charge in [-0.3, -0.25) is 0 Å². The maximum Gasteiger partial charge on any atom is 0.152 e. The van der Waals surface area contributed by atoms with Crippen LogP contribution in [0.5, 0.6) is 0 Å². The highest BCUT2D eigenvalue weighted by molar-refractivity contribution is 6.61. The van der Waals surface area contributed by atoms with E-state index in [1.54, 1.807) is 0 Å². The molecule has 1 atom stereocenters. The average Bonchev–Trinajstić information content (AvgIpc) is 2.42. The lowest BCUT2D eigenvalue weighted by Crippen LogP contribution is -2.17. The second kappa shape index (κ2) is 8.21. The van der Waals surface area contributed by atoms with Crippen molar-refractivity contribution in [3.8, 4) is 0 Å². The normalized spacial score (nSPS) is 27.2. The summed E-state index contributed by atoms with van der Waals surface area (Å²) in [6, 6.07) is 0. The topological polar surface area (TPSA) is 0 Å². The average molecular weight is 214 g/mol. The van der Waals surface area contributed by atoms with Gasteiger partial charge in [0, 0.05) is 0 Å². The van der Waals surface area contributed by atoms with Crippen molar-refractivity contribution >= 4 is 6.71 Å². The van der Waals surface area contributed by atoms with Crippen LogP contribution >= 0.6 is 0 Å². The van der Waals surface area contributed by atoms with Crippen LogP contribution < -0.4 is 0 Å². The third kappa shape index (κ3) is 4.70. The molecule has 0 aliphatic heterocycles. The van der Waals surface area contributed by atoms with Crippen molar-refractivity contribution in [3.05, 3.63) is 48.6 Å². The summed E-state index contributed by atoms with van der Waals surface area (Å²) in [6.45, 7) is 5.37. The Kier molecular flexibility index (Phi) is 6.72. The first-order valence-electron chi connectivity index (χ1n) is 6.56. The zero-order chi connectivity index (χ0) is 11.6. The summed E-state index contributed by atoms with van der Waals surface area (Å²) >= 11 is 0. The predicted molar refractivity (Wildman–Crippen MR) is 76.3 cm³/mol. The molecule has 0 N–H and O–H groups in total. The van der Waals surface area contributed by atoms with Crippen LogP contribution in [0.2, 0.25) is 18.5 Å². The highest BCUT2D eigenvalue weighted by Gasteiger charge is 2.18. The zero-order valence-electron chi connectivity index (χ0n) is 10.6. The molecule has 0 nitrogen and oxygen atoms in total. The van der Waals surface area contributed by atoms with E-state index in [1.165, 1.54) is 25.5 Å². The molecule has 0 saturated heterocycles. The molecule has 0 amide bonds. The molecule has 0 fully saturated rings. The molecular formula is C15H23B. The van der Waals surface area contributed by atoms with Crippen LogP contribution in [0, 0.1) is 0 Å². The predicted octanol–water partition coefficient (Wildman–Crippen LogP) is 4.91. The lowest BCUT2D eigenvalue weighted by molar-refractivity contribution is 0.981. The highest BCUT2D eigenvalue weighted by atomic mass is 14.0. The van der Waals surface area contributed by atoms with Crippen molar-refractivity contribution in [3.63, 3.8) is 0 Å². The van der Waals surface area contributed by atoms with Crippen molar-refractivity contribution in [2.75, 3.05) is 0 Å². The zero-order valence-corrected chi connectivity index (χ0v) is 10.6. The van der Waals surface area contributed by atoms with Gasteiger partial charge in [0.25, 0.3) is 0 Å². The summed E-state index contributed by atoms with van der Waals surface area (Å²) in [5, 5.41) is 0. The van der Waals surface area contributed by atoms with Gasteiger partial charge in [-0.25, -0.2) is 0 Å². The molecule has 0 bridgehead atoms. The summed E-state index contributed by atoms with van der Waals surface area (Å²) in [5.41, 5.74) is 0. The van der Waals surface area contributed by atoms with E-state index in [4.69, 9.17) is 0 Å². The van der Waals surface area contributed by atoms with E-state index < -0.39 is 0 Å². The third-order valence-corrected chi connectivity index (χ3v) is 3.09. The standard InChI is InChI=1S/C15H23B/c1-3-13-16(14-4-2)15-11-9-7-5-6-8-10-12-15/h5-12,15H,3-4,13-14H2,1-2H3/b7-5-,8-6+,11-9-,12-10-. The molecular weight excluding hydrogens is 191 g/mol. The number of hydrogen-bond acceptors (Lipinski definition) is 0. The van der Waals surface area contributed by atoms with Crippen molar-refractivity contribution < 1.29 is 0 Å². The number of hydrogen-bond donors (Lipinski definition) is 0. The van der Waals surface area contributed by atoms with Crippen LogP contribution in [0.4, 0.5) is 0 Å². The van der Waals surface area contributed by atoms with Crippen LogP contribution in [0.15, 0.2) is 48.6 Å². The molecule has 16 heavy (non-hydrogen) atoms. The lowest BCUT2D eigenvalue weighted by atomic mass is 9.36. The summed E-state index contributed by atoms with van der Waals surface area (Å²) in [5.74, 6) is 0.604. The van der Waals surface area contributed by atoms with Gasteiger partial charge < -0.3 is 0 Å². The first kappa shape index (κ1) is 13.1. The Bertz CT molecular complexity index is 256. The first-order chi connectivity index (χ1) is 7.88. The van der Waals surface area contributed by atoms with Crippen molar-refractivity contribution in [1.29, 1.82) is 0 Å². The maximum atomic E-state index is 2.34. The minimum atomic E-state index is 0.604. The molecule has 0 heterocycles. The molecule has 86 valence electrons. The Morgan fingerprint density at radius 2 is 1.19 bits per heavy atom. The van der Waals surface area contributed by atoms with Crippen LogP contribution in [0.25, 0.3) is 0 Å². The number of allylic oxidation sites excluding steroid dienone is 8. The fourth-order valence-corrected chi connectivity index (χ4v) is 2.29. The smallest absolute Gasteiger partial charge is 0.0849 e. The van der Waals surface area contributed by atoms with Crippen molar-refractivity contribution in [2.45, 2.75) is 45.1 Å². The van der Waals surface area contributed by atoms with Crippen LogP contribution in [0.3, 0.4) is 0 Å². The highest BCUT2D eigenvalue weighted by Crippen LogP contribution is 2.24. The molecule has 1 rings (SSSR count). The number of rotatable bonds is 5. The van der Waals surface area contributed by atoms with Gasteiger partial charge >= 0.3 is 0 Å². The second-order valence-corrected chi connectivity index (χ2v) is 4.45. The molecule has 0 radical (unpaired) electrons. The Morgan fingerprint density at radius 3 is 1.62 bits per heavy atom. The Morgan fingerprint density at radius 1 is 0.750 bits per heavy atom. The molecule has 0 spiro atoms. The summed E-state index contributed by atoms with van der Waals surface area (Å²) in [6.07, 6.45) is 22.7. The van der Waals surface area contributed by atoms with E-state index in [9.17, 15) is 0 Å². The largest absolute Gasteiger partial charge is 0.152 e. The molecule has 1 unspecified atom stereocenters. The van der Waals surface area contributed by atoms with E-state index in [2.05, 4.69) is 62.5 Å². The van der Waals surface area contributed by atoms with Gasteiger partial charge in [-0.2, -0.15) is 0 Å². The molecule has 0 aromatic heterocycles. The van der Waals surface area contributed by atoms with Crippen LogP contribution in [-0.4, -0.2) is 6.71 Å². The van der Waals surface area contributed by atoms with Gasteiger partial charge in [0.05, 0.1) is 0 Å². The van der Waals surface area contributed by atoms with Gasteiger partial charge in [0.2, 0.25) is 0 Å². The minimum Gasteiger partial charge on any atom is -0.0849 e. The van der Waals surface area contributed by atoms with E-state index in [0.29, 0.717) is 5.82 Å². The van der Waals surface area contributed by atoms with Crippen LogP contribution in [0.1, 0.15) is 26.7 Å². The second-order valence-electron chi connectivity index (χ2n) is 4.45. The Balaban J connectivity index is 2.71. The molecule has 0 saturated carbocycles. The third-order valence-electron chi connectivity index (χ3n) is 3.09. The van der Waals surface area contributed by atoms with E-state index >= 15 is 0 Å². The molecule has 0 aromatic rings. The fraction of sp³-hybridized carbons (Fsp3) is 0.467. The van der Waals surface area contributed by atoms with E-state index in [0.717, 1.165) is 6.71 Å². The van der Waals surface area contributed by atoms with Gasteiger partial charge in [-0.1, -0.05) is 87.9 Å². The lowest BCUT2D eigenvalue weighted by Gasteiger charge is -2.17. The quantitative estimate of drug-likeness (QED) is 0.570. The van der Waals surface area contributed by atoms with Gasteiger partial charge in [-0.15, -0.1) is 0 Å². The molecule has 1 aliphatic rings. The Labute approximate surface area is 101 Å². The summed E-state index contributed by atoms with van der Waals surface area (Å²) < 4.78 is 0. The Hall–Kier alpha value is -0.975. The summed E-state index contributed by atoms with van der Waals surface area (Å²) in [4.78, 5) is 0. The molecule has 1 aliphatic carbocycles. The van der Waals surface area contributed by atoms with Crippen LogP contribution in [-0.2, 0) is 0 Å².